The Morgan fingerprint density at radius 1 is 1.39 bits per heavy atom. The van der Waals surface area contributed by atoms with Gasteiger partial charge >= 0.3 is 0 Å². The standard InChI is InChI=1S/C13H19N5/c1-3-7-18-8-6-16-13(18)12(17-14)11-9-10(2)4-5-15-11/h4-6,8-9,12,17H,3,7,14H2,1-2H3. The van der Waals surface area contributed by atoms with Gasteiger partial charge in [-0.1, -0.05) is 6.92 Å². The predicted molar refractivity (Wildman–Crippen MR) is 70.7 cm³/mol. The quantitative estimate of drug-likeness (QED) is 0.619. The number of pyridine rings is 1. The topological polar surface area (TPSA) is 68.8 Å². The third-order valence-corrected chi connectivity index (χ3v) is 2.87. The van der Waals surface area contributed by atoms with Gasteiger partial charge in [-0.25, -0.2) is 10.4 Å². The molecule has 2 aromatic rings. The highest BCUT2D eigenvalue weighted by molar-refractivity contribution is 5.22. The summed E-state index contributed by atoms with van der Waals surface area (Å²) in [4.78, 5) is 8.76. The van der Waals surface area contributed by atoms with Crippen LogP contribution in [0.5, 0.6) is 0 Å². The van der Waals surface area contributed by atoms with E-state index in [0.717, 1.165) is 30.0 Å². The average Bonchev–Trinajstić information content (AvgIpc) is 2.79. The van der Waals surface area contributed by atoms with E-state index in [1.807, 2.05) is 25.3 Å². The van der Waals surface area contributed by atoms with Crippen LogP contribution < -0.4 is 11.3 Å². The molecule has 0 aliphatic heterocycles. The van der Waals surface area contributed by atoms with Crippen LogP contribution in [0.4, 0.5) is 0 Å². The number of aryl methyl sites for hydroxylation is 2. The highest BCUT2D eigenvalue weighted by Crippen LogP contribution is 2.19. The van der Waals surface area contributed by atoms with Gasteiger partial charge in [0.25, 0.3) is 0 Å². The first kappa shape index (κ1) is 12.7. The molecule has 0 fully saturated rings. The number of imidazole rings is 1. The highest BCUT2D eigenvalue weighted by Gasteiger charge is 2.18. The minimum atomic E-state index is -0.175. The first-order chi connectivity index (χ1) is 8.76. The summed E-state index contributed by atoms with van der Waals surface area (Å²) in [5.74, 6) is 6.57. The maximum absolute atomic E-state index is 5.67. The van der Waals surface area contributed by atoms with Crippen LogP contribution in [0.2, 0.25) is 0 Å². The van der Waals surface area contributed by atoms with Crippen LogP contribution in [0.25, 0.3) is 0 Å². The molecule has 1 atom stereocenters. The van der Waals surface area contributed by atoms with Gasteiger partial charge in [0.15, 0.2) is 0 Å². The van der Waals surface area contributed by atoms with E-state index >= 15 is 0 Å². The fourth-order valence-electron chi connectivity index (χ4n) is 2.02. The van der Waals surface area contributed by atoms with Gasteiger partial charge in [0.05, 0.1) is 5.69 Å². The summed E-state index contributed by atoms with van der Waals surface area (Å²) >= 11 is 0. The molecule has 2 rings (SSSR count). The van der Waals surface area contributed by atoms with Gasteiger partial charge < -0.3 is 4.57 Å². The molecule has 1 unspecified atom stereocenters. The summed E-state index contributed by atoms with van der Waals surface area (Å²) in [5.41, 5.74) is 4.85. The average molecular weight is 245 g/mol. The molecule has 0 amide bonds. The lowest BCUT2D eigenvalue weighted by Gasteiger charge is -2.17. The monoisotopic (exact) mass is 245 g/mol. The van der Waals surface area contributed by atoms with Gasteiger partial charge in [0.2, 0.25) is 0 Å². The highest BCUT2D eigenvalue weighted by atomic mass is 15.3. The van der Waals surface area contributed by atoms with E-state index in [1.165, 1.54) is 0 Å². The summed E-state index contributed by atoms with van der Waals surface area (Å²) in [6, 6.07) is 3.82. The van der Waals surface area contributed by atoms with E-state index in [4.69, 9.17) is 5.84 Å². The molecule has 0 saturated heterocycles. The SMILES string of the molecule is CCCn1ccnc1C(NN)c1cc(C)ccn1. The van der Waals surface area contributed by atoms with Crippen LogP contribution in [0.3, 0.4) is 0 Å². The van der Waals surface area contributed by atoms with E-state index in [9.17, 15) is 0 Å². The van der Waals surface area contributed by atoms with Crippen molar-refractivity contribution in [2.45, 2.75) is 32.9 Å². The van der Waals surface area contributed by atoms with E-state index in [0.29, 0.717) is 0 Å². The zero-order valence-electron chi connectivity index (χ0n) is 10.8. The summed E-state index contributed by atoms with van der Waals surface area (Å²) in [5, 5.41) is 0. The number of nitrogens with two attached hydrogens (primary N) is 1. The molecule has 0 aliphatic rings. The second-order valence-electron chi connectivity index (χ2n) is 4.34. The number of nitrogens with zero attached hydrogens (tertiary/aromatic N) is 3. The Balaban J connectivity index is 2.36. The maximum Gasteiger partial charge on any atom is 0.133 e. The first-order valence-electron chi connectivity index (χ1n) is 6.16. The molecule has 2 aromatic heterocycles. The normalized spacial score (nSPS) is 12.6. The summed E-state index contributed by atoms with van der Waals surface area (Å²) in [6.45, 7) is 5.11. The number of aromatic nitrogens is 3. The summed E-state index contributed by atoms with van der Waals surface area (Å²) in [7, 11) is 0. The lowest BCUT2D eigenvalue weighted by atomic mass is 10.1. The fourth-order valence-corrected chi connectivity index (χ4v) is 2.02. The number of hydrogen-bond acceptors (Lipinski definition) is 4. The molecule has 0 aliphatic carbocycles. The molecule has 0 bridgehead atoms. The van der Waals surface area contributed by atoms with Gasteiger partial charge in [-0.3, -0.25) is 10.8 Å². The van der Waals surface area contributed by atoms with Crippen LogP contribution in [0, 0.1) is 6.92 Å². The van der Waals surface area contributed by atoms with Crippen LogP contribution in [0.1, 0.15) is 36.5 Å². The summed E-state index contributed by atoms with van der Waals surface area (Å²) in [6.07, 6.45) is 6.62. The zero-order valence-corrected chi connectivity index (χ0v) is 10.8. The third-order valence-electron chi connectivity index (χ3n) is 2.87. The minimum absolute atomic E-state index is 0.175. The molecular formula is C13H19N5. The van der Waals surface area contributed by atoms with E-state index in [1.54, 1.807) is 12.4 Å². The molecule has 0 spiro atoms. The van der Waals surface area contributed by atoms with Crippen molar-refractivity contribution in [2.75, 3.05) is 0 Å². The van der Waals surface area contributed by atoms with Crippen molar-refractivity contribution in [1.82, 2.24) is 20.0 Å². The minimum Gasteiger partial charge on any atom is -0.333 e. The number of hydrazine groups is 1. The smallest absolute Gasteiger partial charge is 0.133 e. The van der Waals surface area contributed by atoms with Gasteiger partial charge in [-0.05, 0) is 31.0 Å². The van der Waals surface area contributed by atoms with Crippen molar-refractivity contribution in [3.8, 4) is 0 Å². The van der Waals surface area contributed by atoms with Crippen molar-refractivity contribution in [2.24, 2.45) is 5.84 Å². The van der Waals surface area contributed by atoms with Gasteiger partial charge in [0.1, 0.15) is 11.9 Å². The van der Waals surface area contributed by atoms with Crippen LogP contribution in [-0.4, -0.2) is 14.5 Å². The third kappa shape index (κ3) is 2.57. The maximum atomic E-state index is 5.67. The molecule has 3 N–H and O–H groups in total. The Morgan fingerprint density at radius 3 is 2.89 bits per heavy atom. The largest absolute Gasteiger partial charge is 0.333 e. The molecular weight excluding hydrogens is 226 g/mol. The molecule has 5 nitrogen and oxygen atoms in total. The zero-order chi connectivity index (χ0) is 13.0. The number of nitrogens with one attached hydrogen (secondary N) is 1. The van der Waals surface area contributed by atoms with Crippen LogP contribution in [-0.2, 0) is 6.54 Å². The number of rotatable bonds is 5. The molecule has 5 heteroatoms. The fraction of sp³-hybridized carbons (Fsp3) is 0.385. The molecule has 2 heterocycles. The van der Waals surface area contributed by atoms with E-state index < -0.39 is 0 Å². The molecule has 18 heavy (non-hydrogen) atoms. The van der Waals surface area contributed by atoms with Crippen molar-refractivity contribution < 1.29 is 0 Å². The van der Waals surface area contributed by atoms with E-state index in [-0.39, 0.29) is 6.04 Å². The molecule has 0 saturated carbocycles. The summed E-state index contributed by atoms with van der Waals surface area (Å²) < 4.78 is 2.11. The van der Waals surface area contributed by atoms with Crippen molar-refractivity contribution in [3.63, 3.8) is 0 Å². The number of hydrogen-bond donors (Lipinski definition) is 2. The lowest BCUT2D eigenvalue weighted by Crippen LogP contribution is -2.31. The van der Waals surface area contributed by atoms with Crippen molar-refractivity contribution >= 4 is 0 Å². The first-order valence-corrected chi connectivity index (χ1v) is 6.16. The van der Waals surface area contributed by atoms with E-state index in [2.05, 4.69) is 26.9 Å². The van der Waals surface area contributed by atoms with Gasteiger partial charge in [0, 0.05) is 25.1 Å². The predicted octanol–water partition coefficient (Wildman–Crippen LogP) is 1.55. The van der Waals surface area contributed by atoms with Gasteiger partial charge in [-0.2, -0.15) is 0 Å². The molecule has 0 aromatic carbocycles. The van der Waals surface area contributed by atoms with Crippen LogP contribution in [0.15, 0.2) is 30.7 Å². The second kappa shape index (κ2) is 5.75. The Hall–Kier alpha value is -1.72. The lowest BCUT2D eigenvalue weighted by molar-refractivity contribution is 0.536. The molecule has 96 valence electrons. The Labute approximate surface area is 107 Å². The van der Waals surface area contributed by atoms with Crippen molar-refractivity contribution in [1.29, 1.82) is 0 Å². The Bertz CT molecular complexity index is 506. The van der Waals surface area contributed by atoms with Crippen molar-refractivity contribution in [3.05, 3.63) is 47.8 Å². The van der Waals surface area contributed by atoms with Crippen LogP contribution >= 0.6 is 0 Å². The molecule has 0 radical (unpaired) electrons. The Kier molecular flexibility index (Phi) is 4.07. The van der Waals surface area contributed by atoms with Gasteiger partial charge in [-0.15, -0.1) is 0 Å². The second-order valence-corrected chi connectivity index (χ2v) is 4.34. The Morgan fingerprint density at radius 2 is 2.22 bits per heavy atom.